The number of nitrogens with zero attached hydrogens (tertiary/aromatic N) is 3. The van der Waals surface area contributed by atoms with Crippen LogP contribution in [-0.2, 0) is 0 Å². The van der Waals surface area contributed by atoms with Gasteiger partial charge >= 0.3 is 0 Å². The Bertz CT molecular complexity index is 672. The highest BCUT2D eigenvalue weighted by Gasteiger charge is 2.22. The summed E-state index contributed by atoms with van der Waals surface area (Å²) in [6.07, 6.45) is 1.36. The van der Waals surface area contributed by atoms with Gasteiger partial charge in [0.15, 0.2) is 6.10 Å². The fourth-order valence-corrected chi connectivity index (χ4v) is 2.48. The van der Waals surface area contributed by atoms with E-state index < -0.39 is 18.0 Å². The SMILES string of the molecule is Cc1nc(O[C@H](C[C@H](N)CO)c2nccs2)c(C#N)cc1F. The molecule has 3 N–H and O–H groups in total. The number of nitriles is 1. The van der Waals surface area contributed by atoms with Crippen LogP contribution in [0.1, 0.15) is 28.8 Å². The minimum absolute atomic E-state index is 0.00206. The van der Waals surface area contributed by atoms with Crippen molar-refractivity contribution in [2.24, 2.45) is 5.73 Å². The number of aliphatic hydroxyl groups excluding tert-OH is 1. The van der Waals surface area contributed by atoms with E-state index in [0.717, 1.165) is 6.07 Å². The van der Waals surface area contributed by atoms with Crippen LogP contribution >= 0.6 is 11.3 Å². The van der Waals surface area contributed by atoms with Gasteiger partial charge in [-0.2, -0.15) is 5.26 Å². The fourth-order valence-electron chi connectivity index (χ4n) is 1.81. The Balaban J connectivity index is 2.31. The van der Waals surface area contributed by atoms with Crippen molar-refractivity contribution in [2.75, 3.05) is 6.61 Å². The van der Waals surface area contributed by atoms with Gasteiger partial charge in [0.2, 0.25) is 5.88 Å². The van der Waals surface area contributed by atoms with Crippen LogP contribution in [0.3, 0.4) is 0 Å². The predicted octanol–water partition coefficient (Wildman–Crippen LogP) is 1.69. The summed E-state index contributed by atoms with van der Waals surface area (Å²) in [6, 6.07) is 2.44. The van der Waals surface area contributed by atoms with Crippen LogP contribution < -0.4 is 10.5 Å². The first-order chi connectivity index (χ1) is 10.5. The third-order valence-electron chi connectivity index (χ3n) is 2.97. The summed E-state index contributed by atoms with van der Waals surface area (Å²) in [4.78, 5) is 8.15. The molecule has 2 rings (SSSR count). The first kappa shape index (κ1) is 16.3. The Morgan fingerprint density at radius 1 is 1.59 bits per heavy atom. The highest BCUT2D eigenvalue weighted by Crippen LogP contribution is 2.28. The van der Waals surface area contributed by atoms with Crippen molar-refractivity contribution in [1.29, 1.82) is 5.26 Å². The number of rotatable bonds is 6. The van der Waals surface area contributed by atoms with Crippen molar-refractivity contribution in [1.82, 2.24) is 9.97 Å². The minimum atomic E-state index is -0.568. The van der Waals surface area contributed by atoms with Gasteiger partial charge in [-0.15, -0.1) is 11.3 Å². The van der Waals surface area contributed by atoms with E-state index in [9.17, 15) is 4.39 Å². The molecule has 2 aromatic heterocycles. The molecule has 0 saturated carbocycles. The number of nitrogens with two attached hydrogens (primary N) is 1. The summed E-state index contributed by atoms with van der Waals surface area (Å²) in [5.74, 6) is -0.534. The van der Waals surface area contributed by atoms with Crippen LogP contribution in [0.15, 0.2) is 17.6 Å². The van der Waals surface area contributed by atoms with Crippen molar-refractivity contribution in [2.45, 2.75) is 25.5 Å². The molecule has 0 aliphatic carbocycles. The Morgan fingerprint density at radius 2 is 2.36 bits per heavy atom. The van der Waals surface area contributed by atoms with E-state index in [1.165, 1.54) is 18.3 Å². The van der Waals surface area contributed by atoms with E-state index in [-0.39, 0.29) is 23.7 Å². The number of aromatic nitrogens is 2. The molecular formula is C14H15FN4O2S. The van der Waals surface area contributed by atoms with E-state index in [2.05, 4.69) is 9.97 Å². The second kappa shape index (κ2) is 7.26. The molecule has 22 heavy (non-hydrogen) atoms. The van der Waals surface area contributed by atoms with Gasteiger partial charge in [-0.25, -0.2) is 14.4 Å². The normalized spacial score (nSPS) is 13.4. The van der Waals surface area contributed by atoms with E-state index in [1.54, 1.807) is 11.6 Å². The zero-order valence-corrected chi connectivity index (χ0v) is 12.7. The van der Waals surface area contributed by atoms with Crippen molar-refractivity contribution in [3.05, 3.63) is 39.7 Å². The average Bonchev–Trinajstić information content (AvgIpc) is 3.04. The summed E-state index contributed by atoms with van der Waals surface area (Å²) in [5.41, 5.74) is 5.90. The molecule has 116 valence electrons. The second-order valence-electron chi connectivity index (χ2n) is 4.68. The molecule has 0 amide bonds. The number of aliphatic hydroxyl groups is 1. The van der Waals surface area contributed by atoms with Crippen LogP contribution in [0.5, 0.6) is 5.88 Å². The number of ether oxygens (including phenoxy) is 1. The first-order valence-corrected chi connectivity index (χ1v) is 7.42. The molecule has 0 fully saturated rings. The van der Waals surface area contributed by atoms with Gasteiger partial charge in [-0.3, -0.25) is 0 Å². The Morgan fingerprint density at radius 3 is 2.95 bits per heavy atom. The number of hydrogen-bond donors (Lipinski definition) is 2. The standard InChI is InChI=1S/C14H15FN4O2S/c1-8-11(15)4-9(6-16)13(19-8)21-12(5-10(17)7-20)14-18-2-3-22-14/h2-4,10,12,20H,5,7,17H2,1H3/t10-,12+/m0/s1. The molecule has 0 aliphatic rings. The van der Waals surface area contributed by atoms with Crippen LogP contribution in [0.25, 0.3) is 0 Å². The lowest BCUT2D eigenvalue weighted by atomic mass is 10.1. The van der Waals surface area contributed by atoms with Crippen LogP contribution in [0.2, 0.25) is 0 Å². The third-order valence-corrected chi connectivity index (χ3v) is 3.84. The molecule has 0 spiro atoms. The summed E-state index contributed by atoms with van der Waals surface area (Å²) in [7, 11) is 0. The van der Waals surface area contributed by atoms with Gasteiger partial charge in [-0.1, -0.05) is 0 Å². The van der Waals surface area contributed by atoms with E-state index >= 15 is 0 Å². The Labute approximate surface area is 131 Å². The highest BCUT2D eigenvalue weighted by molar-refractivity contribution is 7.09. The van der Waals surface area contributed by atoms with Crippen molar-refractivity contribution < 1.29 is 14.2 Å². The maximum atomic E-state index is 13.5. The highest BCUT2D eigenvalue weighted by atomic mass is 32.1. The molecule has 0 unspecified atom stereocenters. The summed E-state index contributed by atoms with van der Waals surface area (Å²) in [5, 5.41) is 20.6. The molecule has 0 aliphatic heterocycles. The smallest absolute Gasteiger partial charge is 0.232 e. The molecule has 0 radical (unpaired) electrons. The first-order valence-electron chi connectivity index (χ1n) is 6.54. The number of aryl methyl sites for hydroxylation is 1. The second-order valence-corrected chi connectivity index (χ2v) is 5.60. The topological polar surface area (TPSA) is 105 Å². The Kier molecular flexibility index (Phi) is 5.38. The number of halogens is 1. The molecular weight excluding hydrogens is 307 g/mol. The van der Waals surface area contributed by atoms with Gasteiger partial charge in [0, 0.05) is 24.0 Å². The van der Waals surface area contributed by atoms with E-state index in [4.69, 9.17) is 20.8 Å². The van der Waals surface area contributed by atoms with Gasteiger partial charge < -0.3 is 15.6 Å². The maximum absolute atomic E-state index is 13.5. The van der Waals surface area contributed by atoms with E-state index in [1.807, 2.05) is 6.07 Å². The van der Waals surface area contributed by atoms with Gasteiger partial charge in [0.25, 0.3) is 0 Å². The molecule has 2 aromatic rings. The third kappa shape index (κ3) is 3.76. The molecule has 8 heteroatoms. The fraction of sp³-hybridized carbons (Fsp3) is 0.357. The molecule has 2 atom stereocenters. The lowest BCUT2D eigenvalue weighted by Crippen LogP contribution is -2.28. The van der Waals surface area contributed by atoms with E-state index in [0.29, 0.717) is 11.4 Å². The predicted molar refractivity (Wildman–Crippen MR) is 78.8 cm³/mol. The minimum Gasteiger partial charge on any atom is -0.466 e. The summed E-state index contributed by atoms with van der Waals surface area (Å²) >= 11 is 1.37. The molecule has 0 saturated heterocycles. The zero-order valence-electron chi connectivity index (χ0n) is 11.9. The molecule has 0 aromatic carbocycles. The average molecular weight is 322 g/mol. The molecule has 6 nitrogen and oxygen atoms in total. The van der Waals surface area contributed by atoms with Crippen molar-refractivity contribution >= 4 is 11.3 Å². The summed E-state index contributed by atoms with van der Waals surface area (Å²) in [6.45, 7) is 1.29. The van der Waals surface area contributed by atoms with Gasteiger partial charge in [0.05, 0.1) is 12.3 Å². The Hall–Kier alpha value is -2.08. The number of pyridine rings is 1. The van der Waals surface area contributed by atoms with Crippen LogP contribution in [0, 0.1) is 24.1 Å². The quantitative estimate of drug-likeness (QED) is 0.838. The van der Waals surface area contributed by atoms with Crippen molar-refractivity contribution in [3.8, 4) is 11.9 Å². The monoisotopic (exact) mass is 322 g/mol. The van der Waals surface area contributed by atoms with Crippen LogP contribution in [-0.4, -0.2) is 27.7 Å². The number of hydrogen-bond acceptors (Lipinski definition) is 7. The van der Waals surface area contributed by atoms with Crippen LogP contribution in [0.4, 0.5) is 4.39 Å². The lowest BCUT2D eigenvalue weighted by Gasteiger charge is -2.20. The summed E-state index contributed by atoms with van der Waals surface area (Å²) < 4.78 is 19.2. The molecule has 2 heterocycles. The lowest BCUT2D eigenvalue weighted by molar-refractivity contribution is 0.155. The molecule has 0 bridgehead atoms. The maximum Gasteiger partial charge on any atom is 0.232 e. The van der Waals surface area contributed by atoms with Gasteiger partial charge in [-0.05, 0) is 13.0 Å². The largest absolute Gasteiger partial charge is 0.466 e. The zero-order chi connectivity index (χ0) is 16.1. The van der Waals surface area contributed by atoms with Gasteiger partial charge in [0.1, 0.15) is 22.5 Å². The number of thiazole rings is 1. The van der Waals surface area contributed by atoms with Crippen molar-refractivity contribution in [3.63, 3.8) is 0 Å².